The van der Waals surface area contributed by atoms with Gasteiger partial charge in [0, 0.05) is 6.92 Å². The van der Waals surface area contributed by atoms with E-state index in [0.717, 1.165) is 6.42 Å². The minimum absolute atomic E-state index is 0.143. The highest BCUT2D eigenvalue weighted by Crippen LogP contribution is 2.07. The average Bonchev–Trinajstić information content (AvgIpc) is 2.03. The van der Waals surface area contributed by atoms with Crippen LogP contribution in [-0.4, -0.2) is 25.2 Å². The molecule has 76 valence electrons. The summed E-state index contributed by atoms with van der Waals surface area (Å²) < 4.78 is 9.40. The van der Waals surface area contributed by atoms with Gasteiger partial charge in [-0.3, -0.25) is 9.59 Å². The summed E-state index contributed by atoms with van der Waals surface area (Å²) in [7, 11) is 1.32. The van der Waals surface area contributed by atoms with Gasteiger partial charge in [0.05, 0.1) is 13.5 Å². The lowest BCUT2D eigenvalue weighted by atomic mass is 10.1. The Labute approximate surface area is 78.2 Å². The van der Waals surface area contributed by atoms with Crippen molar-refractivity contribution in [2.75, 3.05) is 7.11 Å². The molecule has 0 aliphatic carbocycles. The highest BCUT2D eigenvalue weighted by Gasteiger charge is 2.15. The van der Waals surface area contributed by atoms with E-state index < -0.39 is 0 Å². The Morgan fingerprint density at radius 2 is 2.00 bits per heavy atom. The van der Waals surface area contributed by atoms with Gasteiger partial charge in [-0.2, -0.15) is 0 Å². The molecule has 0 N–H and O–H groups in total. The van der Waals surface area contributed by atoms with Crippen LogP contribution in [0.5, 0.6) is 0 Å². The molecule has 13 heavy (non-hydrogen) atoms. The van der Waals surface area contributed by atoms with Gasteiger partial charge in [0.1, 0.15) is 6.10 Å². The largest absolute Gasteiger partial charge is 0.469 e. The number of hydrogen-bond donors (Lipinski definition) is 0. The van der Waals surface area contributed by atoms with Crippen LogP contribution in [0.4, 0.5) is 0 Å². The third kappa shape index (κ3) is 6.13. The van der Waals surface area contributed by atoms with Gasteiger partial charge in [-0.15, -0.1) is 0 Å². The topological polar surface area (TPSA) is 52.6 Å². The molecule has 0 fully saturated rings. The van der Waals surface area contributed by atoms with E-state index in [4.69, 9.17) is 4.74 Å². The molecule has 0 amide bonds. The molecular formula is C9H16O4. The summed E-state index contributed by atoms with van der Waals surface area (Å²) >= 11 is 0. The zero-order valence-electron chi connectivity index (χ0n) is 8.33. The molecule has 0 aliphatic rings. The summed E-state index contributed by atoms with van der Waals surface area (Å²) in [6, 6.07) is 0. The first-order chi connectivity index (χ1) is 6.10. The SMILES string of the molecule is CCCC(CC(=O)OC)OC(C)=O. The lowest BCUT2D eigenvalue weighted by Crippen LogP contribution is -2.20. The van der Waals surface area contributed by atoms with Gasteiger partial charge in [0.25, 0.3) is 0 Å². The Bertz CT molecular complexity index is 176. The number of hydrogen-bond acceptors (Lipinski definition) is 4. The molecule has 0 saturated heterocycles. The van der Waals surface area contributed by atoms with Gasteiger partial charge in [0.15, 0.2) is 0 Å². The van der Waals surface area contributed by atoms with Gasteiger partial charge in [0.2, 0.25) is 0 Å². The van der Waals surface area contributed by atoms with Crippen LogP contribution in [-0.2, 0) is 19.1 Å². The summed E-state index contributed by atoms with van der Waals surface area (Å²) in [5.41, 5.74) is 0. The molecule has 0 heterocycles. The predicted molar refractivity (Wildman–Crippen MR) is 47.1 cm³/mol. The third-order valence-electron chi connectivity index (χ3n) is 1.57. The van der Waals surface area contributed by atoms with Crippen molar-refractivity contribution in [3.05, 3.63) is 0 Å². The molecule has 4 nitrogen and oxygen atoms in total. The van der Waals surface area contributed by atoms with E-state index in [-0.39, 0.29) is 24.5 Å². The number of esters is 2. The van der Waals surface area contributed by atoms with E-state index in [1.54, 1.807) is 0 Å². The molecule has 0 radical (unpaired) electrons. The maximum atomic E-state index is 10.9. The van der Waals surface area contributed by atoms with Crippen LogP contribution in [0.15, 0.2) is 0 Å². The second-order valence-electron chi connectivity index (χ2n) is 2.80. The lowest BCUT2D eigenvalue weighted by molar-refractivity contribution is -0.152. The number of rotatable bonds is 5. The van der Waals surface area contributed by atoms with E-state index in [9.17, 15) is 9.59 Å². The van der Waals surface area contributed by atoms with Crippen molar-refractivity contribution < 1.29 is 19.1 Å². The standard InChI is InChI=1S/C9H16O4/c1-4-5-8(13-7(2)10)6-9(11)12-3/h8H,4-6H2,1-3H3. The number of carbonyl (C=O) groups is 2. The zero-order chi connectivity index (χ0) is 10.3. The Hall–Kier alpha value is -1.06. The fourth-order valence-electron chi connectivity index (χ4n) is 1.03. The molecule has 0 aliphatic heterocycles. The first-order valence-corrected chi connectivity index (χ1v) is 4.34. The van der Waals surface area contributed by atoms with Crippen LogP contribution in [0.2, 0.25) is 0 Å². The van der Waals surface area contributed by atoms with Gasteiger partial charge in [-0.1, -0.05) is 13.3 Å². The van der Waals surface area contributed by atoms with Crippen molar-refractivity contribution in [2.45, 2.75) is 39.2 Å². The normalized spacial score (nSPS) is 11.9. The molecule has 0 spiro atoms. The summed E-state index contributed by atoms with van der Waals surface area (Å²) in [4.78, 5) is 21.5. The van der Waals surface area contributed by atoms with Gasteiger partial charge in [-0.25, -0.2) is 0 Å². The van der Waals surface area contributed by atoms with Crippen molar-refractivity contribution in [1.82, 2.24) is 0 Å². The third-order valence-corrected chi connectivity index (χ3v) is 1.57. The number of ether oxygens (including phenoxy) is 2. The molecule has 0 aromatic carbocycles. The molecular weight excluding hydrogens is 172 g/mol. The fourth-order valence-corrected chi connectivity index (χ4v) is 1.03. The van der Waals surface area contributed by atoms with Crippen molar-refractivity contribution in [1.29, 1.82) is 0 Å². The van der Waals surface area contributed by atoms with Crippen LogP contribution in [0, 0.1) is 0 Å². The Kier molecular flexibility index (Phi) is 5.93. The highest BCUT2D eigenvalue weighted by atomic mass is 16.6. The number of carbonyl (C=O) groups excluding carboxylic acids is 2. The molecule has 4 heteroatoms. The molecule has 0 bridgehead atoms. The first-order valence-electron chi connectivity index (χ1n) is 4.34. The molecule has 1 unspecified atom stereocenters. The van der Waals surface area contributed by atoms with Crippen LogP contribution < -0.4 is 0 Å². The molecule has 0 saturated carbocycles. The van der Waals surface area contributed by atoms with Gasteiger partial charge >= 0.3 is 11.9 Å². The van der Waals surface area contributed by atoms with Crippen LogP contribution in [0.1, 0.15) is 33.1 Å². The summed E-state index contributed by atoms with van der Waals surface area (Å²) in [6.07, 6.45) is 1.36. The lowest BCUT2D eigenvalue weighted by Gasteiger charge is -2.14. The smallest absolute Gasteiger partial charge is 0.309 e. The Balaban J connectivity index is 3.93. The minimum Gasteiger partial charge on any atom is -0.469 e. The Morgan fingerprint density at radius 1 is 1.38 bits per heavy atom. The summed E-state index contributed by atoms with van der Waals surface area (Å²) in [6.45, 7) is 3.30. The van der Waals surface area contributed by atoms with Gasteiger partial charge in [-0.05, 0) is 6.42 Å². The minimum atomic E-state index is -0.359. The van der Waals surface area contributed by atoms with Crippen LogP contribution in [0.3, 0.4) is 0 Å². The van der Waals surface area contributed by atoms with Crippen molar-refractivity contribution >= 4 is 11.9 Å². The molecule has 0 aromatic rings. The summed E-state index contributed by atoms with van der Waals surface area (Å²) in [5, 5.41) is 0. The predicted octanol–water partition coefficient (Wildman–Crippen LogP) is 1.28. The van der Waals surface area contributed by atoms with Crippen molar-refractivity contribution in [2.24, 2.45) is 0 Å². The Morgan fingerprint density at radius 3 is 2.38 bits per heavy atom. The van der Waals surface area contributed by atoms with Crippen molar-refractivity contribution in [3.63, 3.8) is 0 Å². The van der Waals surface area contributed by atoms with E-state index in [1.165, 1.54) is 14.0 Å². The second kappa shape index (κ2) is 6.46. The van der Waals surface area contributed by atoms with E-state index in [2.05, 4.69) is 4.74 Å². The van der Waals surface area contributed by atoms with Gasteiger partial charge < -0.3 is 9.47 Å². The highest BCUT2D eigenvalue weighted by molar-refractivity contribution is 5.71. The first kappa shape index (κ1) is 11.9. The molecule has 1 atom stereocenters. The van der Waals surface area contributed by atoms with Crippen LogP contribution >= 0.6 is 0 Å². The van der Waals surface area contributed by atoms with Crippen LogP contribution in [0.25, 0.3) is 0 Å². The maximum Gasteiger partial charge on any atom is 0.309 e. The average molecular weight is 188 g/mol. The second-order valence-corrected chi connectivity index (χ2v) is 2.80. The summed E-state index contributed by atoms with van der Waals surface area (Å²) in [5.74, 6) is -0.706. The molecule has 0 rings (SSSR count). The van der Waals surface area contributed by atoms with E-state index in [0.29, 0.717) is 6.42 Å². The fraction of sp³-hybridized carbons (Fsp3) is 0.778. The molecule has 0 aromatic heterocycles. The quantitative estimate of drug-likeness (QED) is 0.610. The maximum absolute atomic E-state index is 10.9. The zero-order valence-corrected chi connectivity index (χ0v) is 8.33. The monoisotopic (exact) mass is 188 g/mol. The van der Waals surface area contributed by atoms with Crippen molar-refractivity contribution in [3.8, 4) is 0 Å². The number of methoxy groups -OCH3 is 1. The van der Waals surface area contributed by atoms with E-state index >= 15 is 0 Å². The van der Waals surface area contributed by atoms with E-state index in [1.807, 2.05) is 6.92 Å².